The highest BCUT2D eigenvalue weighted by molar-refractivity contribution is 5.49. The molecule has 0 aliphatic carbocycles. The van der Waals surface area contributed by atoms with Crippen molar-refractivity contribution in [2.45, 2.75) is 32.4 Å². The topological polar surface area (TPSA) is 53.1 Å². The zero-order valence-corrected chi connectivity index (χ0v) is 13.9. The average Bonchev–Trinajstić information content (AvgIpc) is 3.05. The molecule has 5 heteroatoms. The Morgan fingerprint density at radius 2 is 2.13 bits per heavy atom. The quantitative estimate of drug-likeness (QED) is 0.859. The molecule has 2 heterocycles. The largest absolute Gasteiger partial charge is 0.373 e. The van der Waals surface area contributed by atoms with E-state index >= 15 is 0 Å². The molecule has 1 saturated heterocycles. The van der Waals surface area contributed by atoms with Crippen LogP contribution >= 0.6 is 0 Å². The van der Waals surface area contributed by atoms with Crippen LogP contribution in [0.5, 0.6) is 0 Å². The van der Waals surface area contributed by atoms with Gasteiger partial charge < -0.3 is 15.5 Å². The third-order valence-corrected chi connectivity index (χ3v) is 4.54. The number of hydrogen-bond acceptors (Lipinski definition) is 5. The lowest BCUT2D eigenvalue weighted by Crippen LogP contribution is -2.38. The van der Waals surface area contributed by atoms with Gasteiger partial charge in [-0.1, -0.05) is 24.3 Å². The first kappa shape index (κ1) is 15.7. The Morgan fingerprint density at radius 3 is 2.96 bits per heavy atom. The summed E-state index contributed by atoms with van der Waals surface area (Å²) in [4.78, 5) is 11.0. The number of hydrogen-bond donors (Lipinski definition) is 2. The second kappa shape index (κ2) is 7.42. The Labute approximate surface area is 138 Å². The van der Waals surface area contributed by atoms with E-state index in [-0.39, 0.29) is 0 Å². The molecule has 3 rings (SSSR count). The van der Waals surface area contributed by atoms with Crippen molar-refractivity contribution in [1.82, 2.24) is 15.3 Å². The summed E-state index contributed by atoms with van der Waals surface area (Å²) in [6, 6.07) is 11.1. The smallest absolute Gasteiger partial charge is 0.134 e. The summed E-state index contributed by atoms with van der Waals surface area (Å²) in [7, 11) is 1.89. The van der Waals surface area contributed by atoms with Crippen LogP contribution in [0.25, 0.3) is 0 Å². The molecule has 1 aromatic heterocycles. The highest BCUT2D eigenvalue weighted by atomic mass is 15.2. The summed E-state index contributed by atoms with van der Waals surface area (Å²) in [5.74, 6) is 1.89. The molecule has 2 aromatic rings. The minimum atomic E-state index is 0.499. The van der Waals surface area contributed by atoms with Crippen LogP contribution in [0, 0.1) is 6.92 Å². The van der Waals surface area contributed by atoms with E-state index < -0.39 is 0 Å². The first-order valence-corrected chi connectivity index (χ1v) is 8.29. The summed E-state index contributed by atoms with van der Waals surface area (Å²) in [5, 5.41) is 6.70. The molecule has 0 saturated carbocycles. The van der Waals surface area contributed by atoms with E-state index in [4.69, 9.17) is 0 Å². The molecule has 0 radical (unpaired) electrons. The van der Waals surface area contributed by atoms with Crippen molar-refractivity contribution in [3.8, 4) is 0 Å². The highest BCUT2D eigenvalue weighted by Gasteiger charge is 2.25. The molecule has 0 amide bonds. The summed E-state index contributed by atoms with van der Waals surface area (Å²) in [6.45, 7) is 5.13. The van der Waals surface area contributed by atoms with E-state index in [1.165, 1.54) is 24.0 Å². The normalized spacial score (nSPS) is 17.5. The fourth-order valence-corrected chi connectivity index (χ4v) is 3.17. The predicted molar refractivity (Wildman–Crippen MR) is 94.8 cm³/mol. The molecule has 1 aliphatic rings. The lowest BCUT2D eigenvalue weighted by Gasteiger charge is -2.26. The molecule has 1 fully saturated rings. The number of anilines is 2. The molecule has 1 aromatic carbocycles. The van der Waals surface area contributed by atoms with Gasteiger partial charge in [0.05, 0.1) is 0 Å². The van der Waals surface area contributed by atoms with E-state index in [0.717, 1.165) is 31.3 Å². The van der Waals surface area contributed by atoms with Crippen molar-refractivity contribution in [1.29, 1.82) is 0 Å². The van der Waals surface area contributed by atoms with Gasteiger partial charge in [-0.2, -0.15) is 0 Å². The van der Waals surface area contributed by atoms with Gasteiger partial charge in [-0.05, 0) is 30.9 Å². The molecule has 0 bridgehead atoms. The minimum absolute atomic E-state index is 0.499. The van der Waals surface area contributed by atoms with E-state index in [1.54, 1.807) is 6.33 Å². The maximum absolute atomic E-state index is 4.45. The van der Waals surface area contributed by atoms with E-state index in [1.807, 2.05) is 13.1 Å². The van der Waals surface area contributed by atoms with E-state index in [2.05, 4.69) is 56.7 Å². The molecule has 1 aliphatic heterocycles. The van der Waals surface area contributed by atoms with Crippen LogP contribution in [0.15, 0.2) is 36.7 Å². The number of aromatic nitrogens is 2. The third kappa shape index (κ3) is 3.79. The van der Waals surface area contributed by atoms with Crippen LogP contribution in [0.1, 0.15) is 24.0 Å². The van der Waals surface area contributed by atoms with Crippen molar-refractivity contribution in [3.63, 3.8) is 0 Å². The van der Waals surface area contributed by atoms with Gasteiger partial charge in [-0.3, -0.25) is 0 Å². The molecule has 0 spiro atoms. The van der Waals surface area contributed by atoms with Gasteiger partial charge in [0.25, 0.3) is 0 Å². The van der Waals surface area contributed by atoms with Crippen molar-refractivity contribution in [2.24, 2.45) is 0 Å². The maximum Gasteiger partial charge on any atom is 0.134 e. The number of rotatable bonds is 6. The maximum atomic E-state index is 4.45. The molecule has 1 atom stereocenters. The molecular formula is C18H25N5. The first-order chi connectivity index (χ1) is 11.3. The Hall–Kier alpha value is -2.14. The first-order valence-electron chi connectivity index (χ1n) is 8.29. The van der Waals surface area contributed by atoms with Crippen molar-refractivity contribution >= 4 is 11.6 Å². The molecule has 122 valence electrons. The second-order valence-electron chi connectivity index (χ2n) is 6.06. The van der Waals surface area contributed by atoms with Crippen LogP contribution < -0.4 is 15.5 Å². The van der Waals surface area contributed by atoms with Gasteiger partial charge in [0.15, 0.2) is 0 Å². The summed E-state index contributed by atoms with van der Waals surface area (Å²) in [5.41, 5.74) is 2.72. The lowest BCUT2D eigenvalue weighted by molar-refractivity contribution is 0.570. The minimum Gasteiger partial charge on any atom is -0.373 e. The monoisotopic (exact) mass is 311 g/mol. The number of nitrogens with one attached hydrogen (secondary N) is 2. The van der Waals surface area contributed by atoms with Crippen LogP contribution in [-0.2, 0) is 6.54 Å². The van der Waals surface area contributed by atoms with Crippen molar-refractivity contribution in [3.05, 3.63) is 47.8 Å². The second-order valence-corrected chi connectivity index (χ2v) is 6.06. The average molecular weight is 311 g/mol. The molecule has 23 heavy (non-hydrogen) atoms. The Balaban J connectivity index is 1.60. The van der Waals surface area contributed by atoms with Gasteiger partial charge in [0.2, 0.25) is 0 Å². The van der Waals surface area contributed by atoms with E-state index in [0.29, 0.717) is 6.04 Å². The van der Waals surface area contributed by atoms with Crippen LogP contribution in [0.4, 0.5) is 11.6 Å². The fourth-order valence-electron chi connectivity index (χ4n) is 3.17. The van der Waals surface area contributed by atoms with Gasteiger partial charge in [-0.15, -0.1) is 0 Å². The number of benzene rings is 1. The van der Waals surface area contributed by atoms with Gasteiger partial charge in [0, 0.05) is 38.8 Å². The van der Waals surface area contributed by atoms with E-state index in [9.17, 15) is 0 Å². The summed E-state index contributed by atoms with van der Waals surface area (Å²) >= 11 is 0. The Bertz CT molecular complexity index is 643. The van der Waals surface area contributed by atoms with Crippen LogP contribution in [0.2, 0.25) is 0 Å². The Kier molecular flexibility index (Phi) is 5.08. The SMILES string of the molecule is CNc1cc(N2CCCC2CNCc2ccccc2C)ncn1. The third-order valence-electron chi connectivity index (χ3n) is 4.54. The molecular weight excluding hydrogens is 286 g/mol. The summed E-state index contributed by atoms with van der Waals surface area (Å²) < 4.78 is 0. The van der Waals surface area contributed by atoms with Crippen LogP contribution in [-0.4, -0.2) is 36.1 Å². The van der Waals surface area contributed by atoms with Gasteiger partial charge >= 0.3 is 0 Å². The highest BCUT2D eigenvalue weighted by Crippen LogP contribution is 2.24. The predicted octanol–water partition coefficient (Wildman–Crippen LogP) is 2.59. The van der Waals surface area contributed by atoms with Crippen molar-refractivity contribution < 1.29 is 0 Å². The lowest BCUT2D eigenvalue weighted by atomic mass is 10.1. The zero-order valence-electron chi connectivity index (χ0n) is 13.9. The fraction of sp³-hybridized carbons (Fsp3) is 0.444. The number of nitrogens with zero attached hydrogens (tertiary/aromatic N) is 3. The zero-order chi connectivity index (χ0) is 16.1. The Morgan fingerprint density at radius 1 is 1.26 bits per heavy atom. The van der Waals surface area contributed by atoms with Crippen LogP contribution in [0.3, 0.4) is 0 Å². The number of aryl methyl sites for hydroxylation is 1. The van der Waals surface area contributed by atoms with Gasteiger partial charge in [-0.25, -0.2) is 9.97 Å². The van der Waals surface area contributed by atoms with Gasteiger partial charge in [0.1, 0.15) is 18.0 Å². The summed E-state index contributed by atoms with van der Waals surface area (Å²) in [6.07, 6.45) is 4.06. The van der Waals surface area contributed by atoms with Crippen molar-refractivity contribution in [2.75, 3.05) is 30.4 Å². The molecule has 1 unspecified atom stereocenters. The standard InChI is InChI=1S/C18H25N5/c1-14-6-3-4-7-15(14)11-20-12-16-8-5-9-23(16)18-10-17(19-2)21-13-22-18/h3-4,6-7,10,13,16,20H,5,8-9,11-12H2,1-2H3,(H,19,21,22). The molecule has 2 N–H and O–H groups in total. The molecule has 5 nitrogen and oxygen atoms in total.